The van der Waals surface area contributed by atoms with Gasteiger partial charge in [0.05, 0.1) is 6.61 Å². The van der Waals surface area contributed by atoms with E-state index in [0.29, 0.717) is 19.6 Å². The molecule has 0 fully saturated rings. The van der Waals surface area contributed by atoms with Gasteiger partial charge in [0.25, 0.3) is 5.91 Å². The average molecular weight is 281 g/mol. The number of aromatic hydroxyl groups is 1. The number of hydrogen-bond donors (Lipinski definition) is 2. The third-order valence-corrected chi connectivity index (χ3v) is 2.41. The summed E-state index contributed by atoms with van der Waals surface area (Å²) in [5.74, 6) is -0.332. The molecule has 0 unspecified atom stereocenters. The summed E-state index contributed by atoms with van der Waals surface area (Å²) in [6.07, 6.45) is 0.787. The van der Waals surface area contributed by atoms with Gasteiger partial charge in [-0.05, 0) is 25.5 Å². The number of amides is 1. The number of phenols is 1. The fourth-order valence-electron chi connectivity index (χ4n) is 1.47. The Kier molecular flexibility index (Phi) is 6.95. The second kappa shape index (κ2) is 8.79. The molecule has 110 valence electrons. The summed E-state index contributed by atoms with van der Waals surface area (Å²) in [5.41, 5.74) is 0. The molecule has 1 aromatic carbocycles. The van der Waals surface area contributed by atoms with Crippen LogP contribution in [0.1, 0.15) is 19.8 Å². The lowest BCUT2D eigenvalue weighted by molar-refractivity contribution is -0.143. The third kappa shape index (κ3) is 6.08. The van der Waals surface area contributed by atoms with Crippen LogP contribution in [0.3, 0.4) is 0 Å². The molecule has 1 amide bonds. The van der Waals surface area contributed by atoms with Crippen LogP contribution in [0.2, 0.25) is 0 Å². The van der Waals surface area contributed by atoms with E-state index in [9.17, 15) is 14.7 Å². The van der Waals surface area contributed by atoms with Crippen molar-refractivity contribution >= 4 is 11.9 Å². The molecule has 2 N–H and O–H groups in total. The molecule has 0 aromatic heterocycles. The number of carbonyl (C=O) groups excluding carboxylic acids is 2. The van der Waals surface area contributed by atoms with Gasteiger partial charge in [-0.3, -0.25) is 9.59 Å². The van der Waals surface area contributed by atoms with Gasteiger partial charge in [-0.15, -0.1) is 0 Å². The lowest BCUT2D eigenvalue weighted by atomic mass is 10.3. The molecule has 0 aliphatic rings. The maximum Gasteiger partial charge on any atom is 0.305 e. The van der Waals surface area contributed by atoms with Crippen molar-refractivity contribution in [3.05, 3.63) is 24.3 Å². The van der Waals surface area contributed by atoms with Crippen LogP contribution >= 0.6 is 0 Å². The first-order valence-corrected chi connectivity index (χ1v) is 6.46. The molecular weight excluding hydrogens is 262 g/mol. The van der Waals surface area contributed by atoms with Crippen LogP contribution in [-0.2, 0) is 14.3 Å². The first-order valence-electron chi connectivity index (χ1n) is 6.46. The quantitative estimate of drug-likeness (QED) is 0.553. The number of para-hydroxylation sites is 2. The molecule has 6 nitrogen and oxygen atoms in total. The van der Waals surface area contributed by atoms with Crippen molar-refractivity contribution in [1.82, 2.24) is 5.32 Å². The predicted octanol–water partition coefficient (Wildman–Crippen LogP) is 1.23. The van der Waals surface area contributed by atoms with Crippen molar-refractivity contribution in [2.45, 2.75) is 19.8 Å². The Morgan fingerprint density at radius 3 is 2.75 bits per heavy atom. The number of ether oxygens (including phenoxy) is 2. The topological polar surface area (TPSA) is 84.9 Å². The molecule has 0 bridgehead atoms. The van der Waals surface area contributed by atoms with E-state index in [1.165, 1.54) is 6.07 Å². The lowest BCUT2D eigenvalue weighted by Gasteiger charge is -2.08. The Hall–Kier alpha value is -2.24. The maximum absolute atomic E-state index is 11.5. The number of carbonyl (C=O) groups is 2. The minimum absolute atomic E-state index is 0.0115. The fraction of sp³-hybridized carbons (Fsp3) is 0.429. The molecule has 0 aliphatic heterocycles. The zero-order valence-electron chi connectivity index (χ0n) is 11.4. The Bertz CT molecular complexity index is 447. The van der Waals surface area contributed by atoms with Crippen molar-refractivity contribution in [1.29, 1.82) is 0 Å². The molecule has 20 heavy (non-hydrogen) atoms. The first kappa shape index (κ1) is 15.8. The molecule has 0 spiro atoms. The molecule has 0 radical (unpaired) electrons. The summed E-state index contributed by atoms with van der Waals surface area (Å²) in [7, 11) is 0. The van der Waals surface area contributed by atoms with Gasteiger partial charge in [-0.1, -0.05) is 12.1 Å². The normalized spacial score (nSPS) is 9.85. The van der Waals surface area contributed by atoms with E-state index < -0.39 is 0 Å². The average Bonchev–Trinajstić information content (AvgIpc) is 2.43. The van der Waals surface area contributed by atoms with E-state index in [-0.39, 0.29) is 36.4 Å². The zero-order valence-corrected chi connectivity index (χ0v) is 11.4. The van der Waals surface area contributed by atoms with Crippen LogP contribution < -0.4 is 10.1 Å². The lowest BCUT2D eigenvalue weighted by Crippen LogP contribution is -2.30. The van der Waals surface area contributed by atoms with Gasteiger partial charge in [0, 0.05) is 13.0 Å². The van der Waals surface area contributed by atoms with Gasteiger partial charge < -0.3 is 19.9 Å². The maximum atomic E-state index is 11.5. The highest BCUT2D eigenvalue weighted by Crippen LogP contribution is 2.23. The molecule has 0 aliphatic carbocycles. The number of phenolic OH excluding ortho intramolecular Hbond substituents is 1. The van der Waals surface area contributed by atoms with Crippen molar-refractivity contribution in [3.63, 3.8) is 0 Å². The Morgan fingerprint density at radius 2 is 2.05 bits per heavy atom. The first-order chi connectivity index (χ1) is 9.63. The summed E-state index contributed by atoms with van der Waals surface area (Å²) in [6.45, 7) is 2.30. The highest BCUT2D eigenvalue weighted by Gasteiger charge is 2.06. The second-order valence-electron chi connectivity index (χ2n) is 4.01. The van der Waals surface area contributed by atoms with Crippen LogP contribution in [0.25, 0.3) is 0 Å². The van der Waals surface area contributed by atoms with Gasteiger partial charge in [-0.2, -0.15) is 0 Å². The van der Waals surface area contributed by atoms with Crippen molar-refractivity contribution in [2.24, 2.45) is 0 Å². The van der Waals surface area contributed by atoms with Gasteiger partial charge in [0.1, 0.15) is 0 Å². The number of hydrogen-bond acceptors (Lipinski definition) is 5. The molecule has 0 saturated carbocycles. The van der Waals surface area contributed by atoms with E-state index in [1.54, 1.807) is 25.1 Å². The molecule has 6 heteroatoms. The molecule has 0 heterocycles. The molecule has 1 rings (SSSR count). The van der Waals surface area contributed by atoms with E-state index >= 15 is 0 Å². The van der Waals surface area contributed by atoms with Crippen LogP contribution in [0.4, 0.5) is 0 Å². The zero-order chi connectivity index (χ0) is 14.8. The third-order valence-electron chi connectivity index (χ3n) is 2.41. The van der Waals surface area contributed by atoms with Gasteiger partial charge in [0.15, 0.2) is 18.1 Å². The summed E-state index contributed by atoms with van der Waals surface area (Å²) in [6, 6.07) is 6.42. The Labute approximate surface area is 117 Å². The SMILES string of the molecule is CCOC(=O)CCCNC(=O)COc1ccccc1O. The van der Waals surface area contributed by atoms with Crippen LogP contribution in [0, 0.1) is 0 Å². The van der Waals surface area contributed by atoms with Crippen molar-refractivity contribution in [3.8, 4) is 11.5 Å². The Balaban J connectivity index is 2.15. The Morgan fingerprint density at radius 1 is 1.30 bits per heavy atom. The summed E-state index contributed by atoms with van der Waals surface area (Å²) in [5, 5.41) is 12.1. The highest BCUT2D eigenvalue weighted by atomic mass is 16.5. The second-order valence-corrected chi connectivity index (χ2v) is 4.01. The van der Waals surface area contributed by atoms with Crippen molar-refractivity contribution in [2.75, 3.05) is 19.8 Å². The number of rotatable bonds is 8. The van der Waals surface area contributed by atoms with E-state index in [0.717, 1.165) is 0 Å². The smallest absolute Gasteiger partial charge is 0.305 e. The van der Waals surface area contributed by atoms with Gasteiger partial charge in [-0.25, -0.2) is 0 Å². The van der Waals surface area contributed by atoms with E-state index in [1.807, 2.05) is 0 Å². The van der Waals surface area contributed by atoms with Gasteiger partial charge in [0.2, 0.25) is 0 Å². The predicted molar refractivity (Wildman–Crippen MR) is 72.5 cm³/mol. The summed E-state index contributed by atoms with van der Waals surface area (Å²) >= 11 is 0. The van der Waals surface area contributed by atoms with E-state index in [2.05, 4.69) is 5.32 Å². The summed E-state index contributed by atoms with van der Waals surface area (Å²) < 4.78 is 9.92. The van der Waals surface area contributed by atoms with Crippen LogP contribution in [0.5, 0.6) is 11.5 Å². The largest absolute Gasteiger partial charge is 0.504 e. The minimum atomic E-state index is -0.308. The minimum Gasteiger partial charge on any atom is -0.504 e. The number of nitrogens with one attached hydrogen (secondary N) is 1. The number of benzene rings is 1. The monoisotopic (exact) mass is 281 g/mol. The summed E-state index contributed by atoms with van der Waals surface area (Å²) in [4.78, 5) is 22.5. The van der Waals surface area contributed by atoms with Crippen molar-refractivity contribution < 1.29 is 24.2 Å². The standard InChI is InChI=1S/C14H19NO5/c1-2-19-14(18)8-5-9-15-13(17)10-20-12-7-4-3-6-11(12)16/h3-4,6-7,16H,2,5,8-10H2,1H3,(H,15,17). The molecular formula is C14H19NO5. The van der Waals surface area contributed by atoms with Crippen LogP contribution in [-0.4, -0.2) is 36.7 Å². The molecule has 0 atom stereocenters. The molecule has 1 aromatic rings. The van der Waals surface area contributed by atoms with Gasteiger partial charge >= 0.3 is 5.97 Å². The van der Waals surface area contributed by atoms with Crippen LogP contribution in [0.15, 0.2) is 24.3 Å². The van der Waals surface area contributed by atoms with E-state index in [4.69, 9.17) is 9.47 Å². The molecule has 0 saturated heterocycles. The fourth-order valence-corrected chi connectivity index (χ4v) is 1.47. The highest BCUT2D eigenvalue weighted by molar-refractivity contribution is 5.77. The number of esters is 1.